The second kappa shape index (κ2) is 4.28. The number of rotatable bonds is 2. The summed E-state index contributed by atoms with van der Waals surface area (Å²) in [5.41, 5.74) is 0. The first kappa shape index (κ1) is 11.0. The van der Waals surface area contributed by atoms with Crippen molar-refractivity contribution < 1.29 is 0 Å². The summed E-state index contributed by atoms with van der Waals surface area (Å²) < 4.78 is 0. The van der Waals surface area contributed by atoms with E-state index < -0.39 is 0 Å². The van der Waals surface area contributed by atoms with Crippen molar-refractivity contribution in [3.8, 4) is 0 Å². The van der Waals surface area contributed by atoms with Crippen molar-refractivity contribution in [3.05, 3.63) is 0 Å². The summed E-state index contributed by atoms with van der Waals surface area (Å²) in [7, 11) is 2.22. The Labute approximate surface area is 99.4 Å². The molecule has 0 aromatic carbocycles. The lowest BCUT2D eigenvalue weighted by atomic mass is 9.94. The van der Waals surface area contributed by atoms with Crippen LogP contribution in [-0.2, 0) is 0 Å². The lowest BCUT2D eigenvalue weighted by molar-refractivity contribution is -0.0520. The van der Waals surface area contributed by atoms with Crippen LogP contribution < -0.4 is 0 Å². The van der Waals surface area contributed by atoms with Gasteiger partial charge in [0, 0.05) is 44.8 Å². The van der Waals surface area contributed by atoms with Crippen molar-refractivity contribution in [3.63, 3.8) is 0 Å². The van der Waals surface area contributed by atoms with Crippen LogP contribution in [0.3, 0.4) is 0 Å². The highest BCUT2D eigenvalue weighted by atomic mass is 15.4. The zero-order valence-corrected chi connectivity index (χ0v) is 10.7. The fraction of sp³-hybridized carbons (Fsp3) is 1.00. The van der Waals surface area contributed by atoms with Crippen LogP contribution in [0.1, 0.15) is 19.8 Å². The van der Waals surface area contributed by atoms with Crippen LogP contribution in [0.25, 0.3) is 0 Å². The van der Waals surface area contributed by atoms with Gasteiger partial charge in [-0.15, -0.1) is 0 Å². The smallest absolute Gasteiger partial charge is 0.0351 e. The Hall–Kier alpha value is -0.120. The summed E-state index contributed by atoms with van der Waals surface area (Å²) in [6.45, 7) is 10.4. The number of likely N-dealkylation sites (N-methyl/N-ethyl adjacent to an activating group) is 1. The van der Waals surface area contributed by atoms with Gasteiger partial charge in [0.25, 0.3) is 0 Å². The summed E-state index contributed by atoms with van der Waals surface area (Å²) in [6, 6.07) is 1.76. The molecule has 0 amide bonds. The predicted octanol–water partition coefficient (Wildman–Crippen LogP) is 0.717. The minimum Gasteiger partial charge on any atom is -0.303 e. The Kier molecular flexibility index (Phi) is 2.94. The van der Waals surface area contributed by atoms with E-state index in [0.717, 1.165) is 18.0 Å². The molecular formula is C13H25N3. The first-order valence-electron chi connectivity index (χ1n) is 6.89. The number of hydrogen-bond donors (Lipinski definition) is 0. The minimum absolute atomic E-state index is 0.878. The highest BCUT2D eigenvalue weighted by Gasteiger charge is 2.40. The SMILES string of the molecule is CC1CCCN(C2CN(C3CN(C)C3)C2)C1. The molecule has 1 atom stereocenters. The van der Waals surface area contributed by atoms with Crippen LogP contribution in [-0.4, -0.2) is 73.1 Å². The van der Waals surface area contributed by atoms with Gasteiger partial charge in [-0.3, -0.25) is 9.80 Å². The van der Waals surface area contributed by atoms with Gasteiger partial charge in [0.1, 0.15) is 0 Å². The van der Waals surface area contributed by atoms with Gasteiger partial charge in [0.05, 0.1) is 0 Å². The lowest BCUT2D eigenvalue weighted by Gasteiger charge is -2.54. The molecule has 3 aliphatic heterocycles. The zero-order valence-electron chi connectivity index (χ0n) is 10.7. The fourth-order valence-electron chi connectivity index (χ4n) is 3.47. The largest absolute Gasteiger partial charge is 0.303 e. The van der Waals surface area contributed by atoms with Gasteiger partial charge in [-0.1, -0.05) is 6.92 Å². The van der Waals surface area contributed by atoms with Crippen LogP contribution >= 0.6 is 0 Å². The normalized spacial score (nSPS) is 36.0. The Morgan fingerprint density at radius 3 is 2.19 bits per heavy atom. The molecule has 0 aliphatic carbocycles. The number of piperidine rings is 1. The van der Waals surface area contributed by atoms with Gasteiger partial charge >= 0.3 is 0 Å². The quantitative estimate of drug-likeness (QED) is 0.683. The van der Waals surface area contributed by atoms with E-state index in [4.69, 9.17) is 0 Å². The van der Waals surface area contributed by atoms with Crippen LogP contribution in [0.15, 0.2) is 0 Å². The Bertz CT molecular complexity index is 244. The van der Waals surface area contributed by atoms with E-state index in [-0.39, 0.29) is 0 Å². The average Bonchev–Trinajstić information content (AvgIpc) is 2.13. The molecule has 3 fully saturated rings. The standard InChI is InChI=1S/C13H25N3/c1-11-4-3-5-15(6-11)13-9-16(10-13)12-7-14(2)8-12/h11-13H,3-10H2,1-2H3. The van der Waals surface area contributed by atoms with Crippen molar-refractivity contribution in [1.29, 1.82) is 0 Å². The molecule has 1 unspecified atom stereocenters. The van der Waals surface area contributed by atoms with Gasteiger partial charge in [0.15, 0.2) is 0 Å². The topological polar surface area (TPSA) is 9.72 Å². The highest BCUT2D eigenvalue weighted by Crippen LogP contribution is 2.26. The van der Waals surface area contributed by atoms with Gasteiger partial charge in [-0.25, -0.2) is 0 Å². The van der Waals surface area contributed by atoms with E-state index in [9.17, 15) is 0 Å². The minimum atomic E-state index is 0.878. The molecule has 0 aromatic rings. The monoisotopic (exact) mass is 223 g/mol. The maximum atomic E-state index is 2.74. The van der Waals surface area contributed by atoms with Crippen molar-refractivity contribution in [1.82, 2.24) is 14.7 Å². The van der Waals surface area contributed by atoms with Crippen LogP contribution in [0.2, 0.25) is 0 Å². The van der Waals surface area contributed by atoms with Crippen molar-refractivity contribution in [2.24, 2.45) is 5.92 Å². The summed E-state index contributed by atoms with van der Waals surface area (Å²) in [6.07, 6.45) is 2.87. The van der Waals surface area contributed by atoms with E-state index in [1.807, 2.05) is 0 Å². The summed E-state index contributed by atoms with van der Waals surface area (Å²) >= 11 is 0. The molecule has 3 heterocycles. The maximum Gasteiger partial charge on any atom is 0.0351 e. The van der Waals surface area contributed by atoms with E-state index >= 15 is 0 Å². The van der Waals surface area contributed by atoms with Crippen molar-refractivity contribution >= 4 is 0 Å². The van der Waals surface area contributed by atoms with E-state index in [2.05, 4.69) is 28.7 Å². The van der Waals surface area contributed by atoms with Crippen LogP contribution in [0.5, 0.6) is 0 Å². The highest BCUT2D eigenvalue weighted by molar-refractivity contribution is 4.97. The van der Waals surface area contributed by atoms with Crippen molar-refractivity contribution in [2.75, 3.05) is 46.3 Å². The summed E-state index contributed by atoms with van der Waals surface area (Å²) in [5.74, 6) is 0.928. The molecule has 0 aromatic heterocycles. The molecule has 3 heteroatoms. The number of hydrogen-bond acceptors (Lipinski definition) is 3. The van der Waals surface area contributed by atoms with Crippen LogP contribution in [0.4, 0.5) is 0 Å². The fourth-order valence-corrected chi connectivity index (χ4v) is 3.47. The van der Waals surface area contributed by atoms with E-state index in [1.165, 1.54) is 52.1 Å². The molecule has 0 saturated carbocycles. The van der Waals surface area contributed by atoms with Crippen molar-refractivity contribution in [2.45, 2.75) is 31.8 Å². The van der Waals surface area contributed by atoms with Gasteiger partial charge in [0.2, 0.25) is 0 Å². The molecular weight excluding hydrogens is 198 g/mol. The third-order valence-corrected chi connectivity index (χ3v) is 4.66. The summed E-state index contributed by atoms with van der Waals surface area (Å²) in [5, 5.41) is 0. The molecule has 3 aliphatic rings. The number of nitrogens with zero attached hydrogens (tertiary/aromatic N) is 3. The average molecular weight is 223 g/mol. The van der Waals surface area contributed by atoms with E-state index in [0.29, 0.717) is 0 Å². The molecule has 0 radical (unpaired) electrons. The second-order valence-corrected chi connectivity index (χ2v) is 6.23. The molecule has 92 valence electrons. The molecule has 3 rings (SSSR count). The van der Waals surface area contributed by atoms with E-state index in [1.54, 1.807) is 0 Å². The molecule has 0 bridgehead atoms. The molecule has 3 saturated heterocycles. The number of likely N-dealkylation sites (tertiary alicyclic amines) is 3. The first-order valence-corrected chi connectivity index (χ1v) is 6.89. The Balaban J connectivity index is 1.42. The summed E-state index contributed by atoms with van der Waals surface area (Å²) in [4.78, 5) is 7.85. The molecule has 3 nitrogen and oxygen atoms in total. The maximum absolute atomic E-state index is 2.74. The van der Waals surface area contributed by atoms with Crippen LogP contribution in [0, 0.1) is 5.92 Å². The third kappa shape index (κ3) is 2.01. The molecule has 0 N–H and O–H groups in total. The second-order valence-electron chi connectivity index (χ2n) is 6.23. The molecule has 0 spiro atoms. The molecule has 16 heavy (non-hydrogen) atoms. The van der Waals surface area contributed by atoms with Gasteiger partial charge in [-0.05, 0) is 32.4 Å². The zero-order chi connectivity index (χ0) is 11.1. The predicted molar refractivity (Wildman–Crippen MR) is 66.6 cm³/mol. The van der Waals surface area contributed by atoms with Gasteiger partial charge in [-0.2, -0.15) is 0 Å². The third-order valence-electron chi connectivity index (χ3n) is 4.66. The first-order chi connectivity index (χ1) is 7.72. The lowest BCUT2D eigenvalue weighted by Crippen LogP contribution is -2.69. The Morgan fingerprint density at radius 1 is 0.875 bits per heavy atom. The van der Waals surface area contributed by atoms with Gasteiger partial charge < -0.3 is 4.90 Å². The Morgan fingerprint density at radius 2 is 1.56 bits per heavy atom.